The molecule has 4 nitrogen and oxygen atoms in total. The Morgan fingerprint density at radius 3 is 2.61 bits per heavy atom. The molecule has 4 heteroatoms. The Labute approximate surface area is 137 Å². The molecule has 2 aromatic rings. The van der Waals surface area contributed by atoms with Crippen molar-refractivity contribution >= 4 is 5.95 Å². The summed E-state index contributed by atoms with van der Waals surface area (Å²) in [4.78, 5) is 14.1. The molecule has 2 aliphatic rings. The number of hydrogen-bond donors (Lipinski definition) is 1. The minimum Gasteiger partial charge on any atom is -0.346 e. The maximum atomic E-state index is 4.81. The third-order valence-electron chi connectivity index (χ3n) is 5.12. The van der Waals surface area contributed by atoms with Crippen molar-refractivity contribution in [2.45, 2.75) is 57.9 Å². The molecule has 2 saturated carbocycles. The van der Waals surface area contributed by atoms with Gasteiger partial charge in [-0.2, -0.15) is 0 Å². The van der Waals surface area contributed by atoms with Gasteiger partial charge >= 0.3 is 0 Å². The predicted molar refractivity (Wildman–Crippen MR) is 91.4 cm³/mol. The van der Waals surface area contributed by atoms with Crippen molar-refractivity contribution in [1.82, 2.24) is 15.0 Å². The lowest BCUT2D eigenvalue weighted by Gasteiger charge is -2.26. The Bertz CT molecular complexity index is 704. The van der Waals surface area contributed by atoms with Gasteiger partial charge in [0.1, 0.15) is 0 Å². The van der Waals surface area contributed by atoms with Crippen LogP contribution in [0.25, 0.3) is 0 Å². The van der Waals surface area contributed by atoms with Crippen molar-refractivity contribution in [3.63, 3.8) is 0 Å². The van der Waals surface area contributed by atoms with Crippen molar-refractivity contribution in [2.75, 3.05) is 5.32 Å². The second-order valence-corrected chi connectivity index (χ2v) is 7.05. The van der Waals surface area contributed by atoms with E-state index in [0.717, 1.165) is 17.3 Å². The van der Waals surface area contributed by atoms with E-state index < -0.39 is 0 Å². The fourth-order valence-corrected chi connectivity index (χ4v) is 3.37. The summed E-state index contributed by atoms with van der Waals surface area (Å²) in [7, 11) is 0. The summed E-state index contributed by atoms with van der Waals surface area (Å²) in [6.45, 7) is 4.20. The number of nitrogens with one attached hydrogen (secondary N) is 1. The van der Waals surface area contributed by atoms with Gasteiger partial charge < -0.3 is 5.32 Å². The zero-order chi connectivity index (χ0) is 15.8. The lowest BCUT2D eigenvalue weighted by molar-refractivity contribution is 0.410. The van der Waals surface area contributed by atoms with Crippen LogP contribution in [0.15, 0.2) is 24.4 Å². The molecular weight excluding hydrogens is 284 g/mol. The maximum Gasteiger partial charge on any atom is 0.223 e. The third-order valence-corrected chi connectivity index (χ3v) is 5.12. The molecule has 0 aliphatic heterocycles. The van der Waals surface area contributed by atoms with Crippen LogP contribution in [0.1, 0.15) is 66.7 Å². The molecule has 4 rings (SSSR count). The lowest BCUT2D eigenvalue weighted by atomic mass is 9.83. The van der Waals surface area contributed by atoms with Crippen molar-refractivity contribution < 1.29 is 0 Å². The van der Waals surface area contributed by atoms with Crippen LogP contribution in [0.2, 0.25) is 0 Å². The molecule has 2 heterocycles. The zero-order valence-electron chi connectivity index (χ0n) is 13.9. The highest BCUT2D eigenvalue weighted by Crippen LogP contribution is 2.43. The fraction of sp³-hybridized carbons (Fsp3) is 0.526. The van der Waals surface area contributed by atoms with Gasteiger partial charge in [0.05, 0.1) is 11.7 Å². The van der Waals surface area contributed by atoms with Gasteiger partial charge in [0.15, 0.2) is 0 Å². The highest BCUT2D eigenvalue weighted by molar-refractivity contribution is 5.36. The number of pyridine rings is 1. The molecule has 1 N–H and O–H groups in total. The quantitative estimate of drug-likeness (QED) is 0.893. The second-order valence-electron chi connectivity index (χ2n) is 7.05. The van der Waals surface area contributed by atoms with Crippen LogP contribution in [-0.2, 0) is 0 Å². The van der Waals surface area contributed by atoms with Crippen molar-refractivity contribution in [3.8, 4) is 0 Å². The molecule has 1 atom stereocenters. The van der Waals surface area contributed by atoms with Crippen LogP contribution in [-0.4, -0.2) is 15.0 Å². The van der Waals surface area contributed by atoms with E-state index in [9.17, 15) is 0 Å². The Morgan fingerprint density at radius 1 is 1.13 bits per heavy atom. The molecule has 0 amide bonds. The van der Waals surface area contributed by atoms with E-state index in [0.29, 0.717) is 11.8 Å². The standard InChI is InChI=1S/C19H24N4/c1-12-5-4-10-20-17(12)18(15-8-9-15)23-19-21-13(2)11-16(22-19)14-6-3-7-14/h4-5,10-11,14-15,18H,3,6-9H2,1-2H3,(H,21,22,23)/t18-/m0/s1. The van der Waals surface area contributed by atoms with Crippen LogP contribution in [0.3, 0.4) is 0 Å². The van der Waals surface area contributed by atoms with E-state index in [1.54, 1.807) is 0 Å². The van der Waals surface area contributed by atoms with Gasteiger partial charge in [0, 0.05) is 23.5 Å². The number of rotatable bonds is 5. The first-order valence-corrected chi connectivity index (χ1v) is 8.74. The molecule has 0 aromatic carbocycles. The SMILES string of the molecule is Cc1cc(C2CCC2)nc(N[C@H](c2ncccc2C)C2CC2)n1. The Kier molecular flexibility index (Phi) is 3.76. The minimum atomic E-state index is 0.229. The van der Waals surface area contributed by atoms with E-state index in [1.165, 1.54) is 43.4 Å². The Hall–Kier alpha value is -1.97. The summed E-state index contributed by atoms with van der Waals surface area (Å²) < 4.78 is 0. The number of hydrogen-bond acceptors (Lipinski definition) is 4. The molecule has 2 fully saturated rings. The van der Waals surface area contributed by atoms with Crippen molar-refractivity contribution in [1.29, 1.82) is 0 Å². The Balaban J connectivity index is 1.62. The summed E-state index contributed by atoms with van der Waals surface area (Å²) in [5.41, 5.74) is 4.64. The first-order chi connectivity index (χ1) is 11.2. The number of nitrogens with zero attached hydrogens (tertiary/aromatic N) is 3. The normalized spacial score (nSPS) is 19.2. The van der Waals surface area contributed by atoms with Gasteiger partial charge in [0.25, 0.3) is 0 Å². The highest BCUT2D eigenvalue weighted by Gasteiger charge is 2.34. The van der Waals surface area contributed by atoms with E-state index in [-0.39, 0.29) is 6.04 Å². The molecule has 0 spiro atoms. The lowest BCUT2D eigenvalue weighted by Crippen LogP contribution is -2.19. The van der Waals surface area contributed by atoms with Crippen LogP contribution in [0, 0.1) is 19.8 Å². The monoisotopic (exact) mass is 308 g/mol. The summed E-state index contributed by atoms with van der Waals surface area (Å²) in [5, 5.41) is 3.60. The summed E-state index contributed by atoms with van der Waals surface area (Å²) in [6.07, 6.45) is 8.26. The zero-order valence-corrected chi connectivity index (χ0v) is 13.9. The molecule has 2 aromatic heterocycles. The smallest absolute Gasteiger partial charge is 0.223 e. The van der Waals surface area contributed by atoms with Crippen molar-refractivity contribution in [2.24, 2.45) is 5.92 Å². The average Bonchev–Trinajstić information content (AvgIpc) is 3.28. The first kappa shape index (κ1) is 14.6. The van der Waals surface area contributed by atoms with Gasteiger partial charge in [-0.3, -0.25) is 4.98 Å². The van der Waals surface area contributed by atoms with E-state index in [4.69, 9.17) is 4.98 Å². The van der Waals surface area contributed by atoms with Gasteiger partial charge in [0.2, 0.25) is 5.95 Å². The van der Waals surface area contributed by atoms with Crippen LogP contribution in [0.5, 0.6) is 0 Å². The van der Waals surface area contributed by atoms with E-state index in [1.807, 2.05) is 12.3 Å². The Morgan fingerprint density at radius 2 is 1.96 bits per heavy atom. The molecular formula is C19H24N4. The van der Waals surface area contributed by atoms with Crippen LogP contribution < -0.4 is 5.32 Å². The highest BCUT2D eigenvalue weighted by atomic mass is 15.1. The predicted octanol–water partition coefficient (Wildman–Crippen LogP) is 4.32. The topological polar surface area (TPSA) is 50.7 Å². The number of aryl methyl sites for hydroxylation is 2. The molecule has 0 unspecified atom stereocenters. The second kappa shape index (κ2) is 5.91. The molecule has 0 bridgehead atoms. The first-order valence-electron chi connectivity index (χ1n) is 8.74. The summed E-state index contributed by atoms with van der Waals surface area (Å²) in [6, 6.07) is 6.51. The molecule has 0 saturated heterocycles. The van der Waals surface area contributed by atoms with Gasteiger partial charge in [-0.25, -0.2) is 9.97 Å². The molecule has 120 valence electrons. The maximum absolute atomic E-state index is 4.81. The summed E-state index contributed by atoms with van der Waals surface area (Å²) in [5.74, 6) is 2.06. The fourth-order valence-electron chi connectivity index (χ4n) is 3.37. The summed E-state index contributed by atoms with van der Waals surface area (Å²) >= 11 is 0. The van der Waals surface area contributed by atoms with Gasteiger partial charge in [-0.1, -0.05) is 12.5 Å². The van der Waals surface area contributed by atoms with Gasteiger partial charge in [-0.15, -0.1) is 0 Å². The third kappa shape index (κ3) is 3.07. The molecule has 0 radical (unpaired) electrons. The minimum absolute atomic E-state index is 0.229. The van der Waals surface area contributed by atoms with E-state index >= 15 is 0 Å². The van der Waals surface area contributed by atoms with Crippen LogP contribution >= 0.6 is 0 Å². The van der Waals surface area contributed by atoms with Gasteiger partial charge in [-0.05, 0) is 63.1 Å². The van der Waals surface area contributed by atoms with Crippen molar-refractivity contribution in [3.05, 3.63) is 47.0 Å². The average molecular weight is 308 g/mol. The number of anilines is 1. The van der Waals surface area contributed by atoms with E-state index in [2.05, 4.69) is 41.3 Å². The molecule has 2 aliphatic carbocycles. The number of aromatic nitrogens is 3. The largest absolute Gasteiger partial charge is 0.346 e. The molecule has 23 heavy (non-hydrogen) atoms. The van der Waals surface area contributed by atoms with Crippen LogP contribution in [0.4, 0.5) is 5.95 Å².